The first-order valence-electron chi connectivity index (χ1n) is 4.46. The summed E-state index contributed by atoms with van der Waals surface area (Å²) in [7, 11) is 1.61. The lowest BCUT2D eigenvalue weighted by Crippen LogP contribution is -2.42. The standard InChI is InChI=1S/C8H17N3O2/c1-12-8(2-9)6-13-11-5-7-3-10-4-7/h5,7-8,10H,2-4,6,9H2,1H3. The van der Waals surface area contributed by atoms with Crippen molar-refractivity contribution >= 4 is 6.21 Å². The number of hydrogen-bond donors (Lipinski definition) is 2. The molecule has 1 atom stereocenters. The van der Waals surface area contributed by atoms with Gasteiger partial charge in [0.1, 0.15) is 12.7 Å². The first-order valence-corrected chi connectivity index (χ1v) is 4.46. The molecular formula is C8H17N3O2. The van der Waals surface area contributed by atoms with Crippen LogP contribution in [0.4, 0.5) is 0 Å². The molecule has 1 fully saturated rings. The summed E-state index contributed by atoms with van der Waals surface area (Å²) >= 11 is 0. The quantitative estimate of drug-likeness (QED) is 0.421. The average molecular weight is 187 g/mol. The molecule has 0 aromatic heterocycles. The Bertz CT molecular complexity index is 155. The van der Waals surface area contributed by atoms with E-state index >= 15 is 0 Å². The maximum atomic E-state index is 5.40. The number of methoxy groups -OCH3 is 1. The zero-order valence-electron chi connectivity index (χ0n) is 7.90. The predicted octanol–water partition coefficient (Wildman–Crippen LogP) is -0.818. The number of nitrogens with two attached hydrogens (primary N) is 1. The van der Waals surface area contributed by atoms with Gasteiger partial charge in [-0.2, -0.15) is 0 Å². The van der Waals surface area contributed by atoms with Gasteiger partial charge in [-0.05, 0) is 0 Å². The van der Waals surface area contributed by atoms with Crippen LogP contribution in [0.5, 0.6) is 0 Å². The minimum Gasteiger partial charge on any atom is -0.393 e. The van der Waals surface area contributed by atoms with Gasteiger partial charge in [0.25, 0.3) is 0 Å². The molecule has 0 aliphatic carbocycles. The van der Waals surface area contributed by atoms with Crippen LogP contribution in [0.25, 0.3) is 0 Å². The summed E-state index contributed by atoms with van der Waals surface area (Å²) in [6.07, 6.45) is 1.76. The molecule has 0 aromatic carbocycles. The molecular weight excluding hydrogens is 170 g/mol. The fraction of sp³-hybridized carbons (Fsp3) is 0.875. The number of ether oxygens (including phenoxy) is 1. The lowest BCUT2D eigenvalue weighted by atomic mass is 10.1. The highest BCUT2D eigenvalue weighted by Gasteiger charge is 2.13. The zero-order chi connectivity index (χ0) is 9.52. The maximum absolute atomic E-state index is 5.40. The second kappa shape index (κ2) is 5.90. The number of hydrogen-bond acceptors (Lipinski definition) is 5. The van der Waals surface area contributed by atoms with Crippen molar-refractivity contribution in [2.75, 3.05) is 33.4 Å². The number of nitrogens with zero attached hydrogens (tertiary/aromatic N) is 1. The summed E-state index contributed by atoms with van der Waals surface area (Å²) in [6.45, 7) is 2.87. The molecule has 1 aliphatic heterocycles. The Morgan fingerprint density at radius 1 is 1.69 bits per heavy atom. The van der Waals surface area contributed by atoms with Crippen molar-refractivity contribution in [3.63, 3.8) is 0 Å². The molecule has 5 nitrogen and oxygen atoms in total. The van der Waals surface area contributed by atoms with Crippen molar-refractivity contribution in [2.45, 2.75) is 6.10 Å². The zero-order valence-corrected chi connectivity index (χ0v) is 7.90. The fourth-order valence-electron chi connectivity index (χ4n) is 0.904. The van der Waals surface area contributed by atoms with Gasteiger partial charge in [0.2, 0.25) is 0 Å². The van der Waals surface area contributed by atoms with E-state index < -0.39 is 0 Å². The van der Waals surface area contributed by atoms with E-state index in [1.54, 1.807) is 7.11 Å². The number of rotatable bonds is 6. The molecule has 0 aromatic rings. The van der Waals surface area contributed by atoms with Gasteiger partial charge < -0.3 is 20.6 Å². The van der Waals surface area contributed by atoms with E-state index in [9.17, 15) is 0 Å². The normalized spacial score (nSPS) is 20.2. The molecule has 5 heteroatoms. The van der Waals surface area contributed by atoms with Crippen LogP contribution >= 0.6 is 0 Å². The molecule has 13 heavy (non-hydrogen) atoms. The second-order valence-electron chi connectivity index (χ2n) is 3.06. The SMILES string of the molecule is COC(CN)CON=CC1CNC1. The van der Waals surface area contributed by atoms with E-state index in [0.29, 0.717) is 19.1 Å². The van der Waals surface area contributed by atoms with Crippen LogP contribution in [-0.2, 0) is 9.57 Å². The van der Waals surface area contributed by atoms with Gasteiger partial charge in [0, 0.05) is 38.9 Å². The molecule has 1 saturated heterocycles. The van der Waals surface area contributed by atoms with E-state index in [0.717, 1.165) is 13.1 Å². The molecule has 1 heterocycles. The predicted molar refractivity (Wildman–Crippen MR) is 50.7 cm³/mol. The molecule has 0 amide bonds. The lowest BCUT2D eigenvalue weighted by Gasteiger charge is -2.22. The Morgan fingerprint density at radius 3 is 2.92 bits per heavy atom. The largest absolute Gasteiger partial charge is 0.393 e. The smallest absolute Gasteiger partial charge is 0.144 e. The van der Waals surface area contributed by atoms with Gasteiger partial charge in [0.05, 0.1) is 0 Å². The Balaban J connectivity index is 2.01. The monoisotopic (exact) mass is 187 g/mol. The van der Waals surface area contributed by atoms with Crippen molar-refractivity contribution < 1.29 is 9.57 Å². The van der Waals surface area contributed by atoms with Gasteiger partial charge in [-0.3, -0.25) is 0 Å². The lowest BCUT2D eigenvalue weighted by molar-refractivity contribution is 0.0157. The summed E-state index contributed by atoms with van der Waals surface area (Å²) in [5.74, 6) is 0.527. The summed E-state index contributed by atoms with van der Waals surface area (Å²) in [5.41, 5.74) is 5.40. The van der Waals surface area contributed by atoms with Crippen molar-refractivity contribution in [2.24, 2.45) is 16.8 Å². The Labute approximate surface area is 78.3 Å². The van der Waals surface area contributed by atoms with Crippen LogP contribution in [0.2, 0.25) is 0 Å². The van der Waals surface area contributed by atoms with Gasteiger partial charge in [-0.25, -0.2) is 0 Å². The summed E-state index contributed by atoms with van der Waals surface area (Å²) in [6, 6.07) is 0. The molecule has 0 spiro atoms. The highest BCUT2D eigenvalue weighted by atomic mass is 16.6. The average Bonchev–Trinajstić information content (AvgIpc) is 2.08. The van der Waals surface area contributed by atoms with Crippen LogP contribution < -0.4 is 11.1 Å². The van der Waals surface area contributed by atoms with Gasteiger partial charge in [-0.1, -0.05) is 5.16 Å². The first kappa shape index (κ1) is 10.4. The minimum absolute atomic E-state index is 0.0586. The molecule has 76 valence electrons. The first-order chi connectivity index (χ1) is 6.36. The maximum Gasteiger partial charge on any atom is 0.144 e. The van der Waals surface area contributed by atoms with E-state index in [4.69, 9.17) is 15.3 Å². The van der Waals surface area contributed by atoms with Gasteiger partial charge >= 0.3 is 0 Å². The molecule has 1 aliphatic rings. The van der Waals surface area contributed by atoms with Crippen molar-refractivity contribution in [1.82, 2.24) is 5.32 Å². The summed E-state index contributed by atoms with van der Waals surface area (Å²) < 4.78 is 5.01. The van der Waals surface area contributed by atoms with Gasteiger partial charge in [0.15, 0.2) is 0 Å². The van der Waals surface area contributed by atoms with Gasteiger partial charge in [-0.15, -0.1) is 0 Å². The molecule has 0 radical (unpaired) electrons. The van der Waals surface area contributed by atoms with E-state index in [1.807, 2.05) is 6.21 Å². The molecule has 0 bridgehead atoms. The van der Waals surface area contributed by atoms with E-state index in [-0.39, 0.29) is 6.10 Å². The number of oxime groups is 1. The Kier molecular flexibility index (Phi) is 4.74. The van der Waals surface area contributed by atoms with Crippen LogP contribution in [0, 0.1) is 5.92 Å². The summed E-state index contributed by atoms with van der Waals surface area (Å²) in [4.78, 5) is 5.02. The number of nitrogens with one attached hydrogen (secondary N) is 1. The van der Waals surface area contributed by atoms with E-state index in [1.165, 1.54) is 0 Å². The minimum atomic E-state index is -0.0586. The highest BCUT2D eigenvalue weighted by Crippen LogP contribution is 1.98. The Hall–Kier alpha value is -0.650. The van der Waals surface area contributed by atoms with Crippen molar-refractivity contribution in [1.29, 1.82) is 0 Å². The molecule has 3 N–H and O–H groups in total. The fourth-order valence-corrected chi connectivity index (χ4v) is 0.904. The molecule has 1 unspecified atom stereocenters. The second-order valence-corrected chi connectivity index (χ2v) is 3.06. The van der Waals surface area contributed by atoms with Crippen LogP contribution in [0.15, 0.2) is 5.16 Å². The third kappa shape index (κ3) is 3.71. The van der Waals surface area contributed by atoms with Crippen LogP contribution in [0.1, 0.15) is 0 Å². The Morgan fingerprint density at radius 2 is 2.46 bits per heavy atom. The van der Waals surface area contributed by atoms with Crippen LogP contribution in [-0.4, -0.2) is 45.7 Å². The third-order valence-electron chi connectivity index (χ3n) is 2.02. The molecule has 1 rings (SSSR count). The topological polar surface area (TPSA) is 68.9 Å². The third-order valence-corrected chi connectivity index (χ3v) is 2.02. The molecule has 0 saturated carbocycles. The van der Waals surface area contributed by atoms with Crippen LogP contribution in [0.3, 0.4) is 0 Å². The highest BCUT2D eigenvalue weighted by molar-refractivity contribution is 5.61. The summed E-state index contributed by atoms with van der Waals surface area (Å²) in [5, 5.41) is 6.97. The van der Waals surface area contributed by atoms with Crippen molar-refractivity contribution in [3.05, 3.63) is 0 Å². The van der Waals surface area contributed by atoms with E-state index in [2.05, 4.69) is 10.5 Å². The van der Waals surface area contributed by atoms with Crippen molar-refractivity contribution in [3.8, 4) is 0 Å².